The van der Waals surface area contributed by atoms with Crippen molar-refractivity contribution in [3.8, 4) is 0 Å². The van der Waals surface area contributed by atoms with Crippen LogP contribution < -0.4 is 0 Å². The van der Waals surface area contributed by atoms with Gasteiger partial charge in [-0.05, 0) is 14.0 Å². The summed E-state index contributed by atoms with van der Waals surface area (Å²) in [6, 6.07) is -0.0181. The molecule has 0 aromatic carbocycles. The van der Waals surface area contributed by atoms with E-state index in [0.717, 1.165) is 13.1 Å². The number of hydrogen-bond acceptors (Lipinski definition) is 4. The number of nitrogens with zero attached hydrogens (tertiary/aromatic N) is 4. The highest BCUT2D eigenvalue weighted by atomic mass is 32.2. The van der Waals surface area contributed by atoms with Gasteiger partial charge < -0.3 is 9.47 Å². The molecular weight excluding hydrogens is 264 g/mol. The minimum Gasteiger partial charge on any atom is -0.324 e. The maximum Gasteiger partial charge on any atom is 0.277 e. The van der Waals surface area contributed by atoms with Crippen LogP contribution in [0.3, 0.4) is 0 Å². The Kier molecular flexibility index (Phi) is 5.51. The van der Waals surface area contributed by atoms with Gasteiger partial charge in [0.15, 0.2) is 0 Å². The molecule has 2 rings (SSSR count). The Bertz CT molecular complexity index is 498. The molecule has 1 fully saturated rings. The van der Waals surface area contributed by atoms with Crippen molar-refractivity contribution < 1.29 is 8.42 Å². The van der Waals surface area contributed by atoms with Crippen molar-refractivity contribution in [3.63, 3.8) is 0 Å². The average molecular weight is 288 g/mol. The summed E-state index contributed by atoms with van der Waals surface area (Å²) in [6.45, 7) is 7.96. The predicted molar refractivity (Wildman–Crippen MR) is 75.4 cm³/mol. The minimum absolute atomic E-state index is 0.0181. The molecule has 0 saturated carbocycles. The lowest BCUT2D eigenvalue weighted by atomic mass is 10.2. The van der Waals surface area contributed by atoms with Gasteiger partial charge in [-0.25, -0.2) is 13.4 Å². The number of likely N-dealkylation sites (N-methyl/N-ethyl adjacent to an activating group) is 1. The fourth-order valence-corrected chi connectivity index (χ4v) is 3.88. The third kappa shape index (κ3) is 3.34. The van der Waals surface area contributed by atoms with Crippen LogP contribution in [0.5, 0.6) is 0 Å². The van der Waals surface area contributed by atoms with Gasteiger partial charge in [-0.3, -0.25) is 0 Å². The van der Waals surface area contributed by atoms with Gasteiger partial charge in [0.2, 0.25) is 5.16 Å². The van der Waals surface area contributed by atoms with Gasteiger partial charge in [-0.15, -0.1) is 0 Å². The minimum atomic E-state index is -3.46. The third-order valence-corrected chi connectivity index (χ3v) is 5.10. The van der Waals surface area contributed by atoms with Gasteiger partial charge in [0.25, 0.3) is 10.0 Å². The van der Waals surface area contributed by atoms with E-state index in [1.807, 2.05) is 27.8 Å². The van der Waals surface area contributed by atoms with E-state index in [0.29, 0.717) is 6.54 Å². The number of sulfonamides is 1. The molecule has 7 heteroatoms. The van der Waals surface area contributed by atoms with Gasteiger partial charge in [0, 0.05) is 45.1 Å². The lowest BCUT2D eigenvalue weighted by molar-refractivity contribution is 0.169. The topological polar surface area (TPSA) is 58.4 Å². The Morgan fingerprint density at radius 3 is 2.37 bits per heavy atom. The van der Waals surface area contributed by atoms with Gasteiger partial charge in [0.1, 0.15) is 0 Å². The molecule has 0 spiro atoms. The largest absolute Gasteiger partial charge is 0.324 e. The summed E-state index contributed by atoms with van der Waals surface area (Å²) in [6.07, 6.45) is 3.15. The van der Waals surface area contributed by atoms with E-state index in [1.54, 1.807) is 17.8 Å². The fourth-order valence-electron chi connectivity index (χ4n) is 2.19. The summed E-state index contributed by atoms with van der Waals surface area (Å²) in [7, 11) is 0.233. The zero-order chi connectivity index (χ0) is 14.6. The van der Waals surface area contributed by atoms with Crippen molar-refractivity contribution in [1.29, 1.82) is 0 Å². The Hall–Kier alpha value is -0.920. The smallest absolute Gasteiger partial charge is 0.277 e. The zero-order valence-corrected chi connectivity index (χ0v) is 13.2. The molecule has 0 N–H and O–H groups in total. The molecule has 0 bridgehead atoms. The number of imidazole rings is 1. The van der Waals surface area contributed by atoms with Gasteiger partial charge in [-0.1, -0.05) is 13.8 Å². The van der Waals surface area contributed by atoms with Crippen molar-refractivity contribution in [2.24, 2.45) is 7.05 Å². The van der Waals surface area contributed by atoms with Crippen molar-refractivity contribution in [2.45, 2.75) is 32.0 Å². The Labute approximate surface area is 116 Å². The van der Waals surface area contributed by atoms with Crippen molar-refractivity contribution in [1.82, 2.24) is 18.8 Å². The second kappa shape index (κ2) is 6.49. The first kappa shape index (κ1) is 16.1. The van der Waals surface area contributed by atoms with Crippen LogP contribution in [0.15, 0.2) is 17.6 Å². The van der Waals surface area contributed by atoms with E-state index < -0.39 is 10.0 Å². The molecule has 0 amide bonds. The monoisotopic (exact) mass is 288 g/mol. The fraction of sp³-hybridized carbons (Fsp3) is 0.750. The number of rotatable bonds is 2. The Balaban J connectivity index is 0.000000861. The number of piperazine rings is 1. The molecule has 1 aliphatic rings. The summed E-state index contributed by atoms with van der Waals surface area (Å²) in [4.78, 5) is 6.07. The lowest BCUT2D eigenvalue weighted by Gasteiger charge is -2.36. The molecule has 1 unspecified atom stereocenters. The van der Waals surface area contributed by atoms with Crippen LogP contribution in [0.4, 0.5) is 0 Å². The lowest BCUT2D eigenvalue weighted by Crippen LogP contribution is -2.52. The van der Waals surface area contributed by atoms with Crippen molar-refractivity contribution in [2.75, 3.05) is 26.7 Å². The van der Waals surface area contributed by atoms with Crippen LogP contribution in [0.2, 0.25) is 0 Å². The normalized spacial score (nSPS) is 21.8. The summed E-state index contributed by atoms with van der Waals surface area (Å²) in [5.41, 5.74) is 0. The first-order valence-corrected chi connectivity index (χ1v) is 8.04. The number of hydrogen-bond donors (Lipinski definition) is 0. The van der Waals surface area contributed by atoms with E-state index in [2.05, 4.69) is 9.88 Å². The highest BCUT2D eigenvalue weighted by Gasteiger charge is 2.34. The molecule has 0 aliphatic carbocycles. The first-order chi connectivity index (χ1) is 8.93. The summed E-state index contributed by atoms with van der Waals surface area (Å²) < 4.78 is 27.9. The second-order valence-corrected chi connectivity index (χ2v) is 6.33. The van der Waals surface area contributed by atoms with Crippen LogP contribution in [0.1, 0.15) is 20.8 Å². The van der Waals surface area contributed by atoms with E-state index >= 15 is 0 Å². The average Bonchev–Trinajstić information content (AvgIpc) is 2.78. The van der Waals surface area contributed by atoms with Crippen molar-refractivity contribution >= 4 is 10.0 Å². The second-order valence-electron chi connectivity index (χ2n) is 4.55. The summed E-state index contributed by atoms with van der Waals surface area (Å²) in [5, 5.41) is 0.119. The maximum atomic E-state index is 12.4. The molecule has 1 aromatic rings. The molecule has 1 atom stereocenters. The molecule has 6 nitrogen and oxygen atoms in total. The molecule has 19 heavy (non-hydrogen) atoms. The van der Waals surface area contributed by atoms with Crippen LogP contribution in [-0.4, -0.2) is 59.9 Å². The van der Waals surface area contributed by atoms with Crippen LogP contribution in [0.25, 0.3) is 0 Å². The molecule has 1 saturated heterocycles. The van der Waals surface area contributed by atoms with Gasteiger partial charge >= 0.3 is 0 Å². The predicted octanol–water partition coefficient (Wildman–Crippen LogP) is 0.771. The number of aromatic nitrogens is 2. The summed E-state index contributed by atoms with van der Waals surface area (Å²) in [5.74, 6) is 0. The molecule has 0 radical (unpaired) electrons. The number of aryl methyl sites for hydroxylation is 1. The highest BCUT2D eigenvalue weighted by Crippen LogP contribution is 2.18. The van der Waals surface area contributed by atoms with Gasteiger partial charge in [-0.2, -0.15) is 4.31 Å². The Morgan fingerprint density at radius 2 is 1.89 bits per heavy atom. The van der Waals surface area contributed by atoms with E-state index in [1.165, 1.54) is 10.5 Å². The maximum absolute atomic E-state index is 12.4. The van der Waals surface area contributed by atoms with E-state index in [4.69, 9.17) is 0 Å². The summed E-state index contributed by atoms with van der Waals surface area (Å²) >= 11 is 0. The van der Waals surface area contributed by atoms with Crippen molar-refractivity contribution in [3.05, 3.63) is 12.4 Å². The molecular formula is C12H24N4O2S. The molecule has 110 valence electrons. The van der Waals surface area contributed by atoms with Gasteiger partial charge in [0.05, 0.1) is 0 Å². The van der Waals surface area contributed by atoms with Crippen LogP contribution in [0, 0.1) is 0 Å². The Morgan fingerprint density at radius 1 is 1.26 bits per heavy atom. The highest BCUT2D eigenvalue weighted by molar-refractivity contribution is 7.89. The SMILES string of the molecule is CC.CC1CN(C)CCN1S(=O)(=O)c1nccn1C. The third-order valence-electron chi connectivity index (χ3n) is 3.09. The molecule has 1 aromatic heterocycles. The van der Waals surface area contributed by atoms with E-state index in [-0.39, 0.29) is 11.2 Å². The van der Waals surface area contributed by atoms with Crippen LogP contribution in [-0.2, 0) is 17.1 Å². The standard InChI is InChI=1S/C10H18N4O2S.C2H6/c1-9-8-12(2)6-7-14(9)17(15,16)10-11-4-5-13(10)3;1-2/h4-5,9H,6-8H2,1-3H3;1-2H3. The molecule has 1 aliphatic heterocycles. The molecule has 2 heterocycles. The zero-order valence-electron chi connectivity index (χ0n) is 12.4. The van der Waals surface area contributed by atoms with Crippen LogP contribution >= 0.6 is 0 Å². The first-order valence-electron chi connectivity index (χ1n) is 6.60. The quantitative estimate of drug-likeness (QED) is 0.806. The van der Waals surface area contributed by atoms with E-state index in [9.17, 15) is 8.42 Å².